The summed E-state index contributed by atoms with van der Waals surface area (Å²) in [6, 6.07) is 7.88. The molecular formula is C17H20N6O2. The van der Waals surface area contributed by atoms with Crippen LogP contribution in [-0.4, -0.2) is 43.3 Å². The molecule has 1 saturated heterocycles. The maximum atomic E-state index is 12.4. The number of carbonyl (C=O) groups is 1. The molecule has 1 fully saturated rings. The number of rotatable bonds is 5. The van der Waals surface area contributed by atoms with Gasteiger partial charge in [-0.1, -0.05) is 12.1 Å². The summed E-state index contributed by atoms with van der Waals surface area (Å²) in [6.07, 6.45) is 2.34. The number of fused-ring (bicyclic) bond motifs is 1. The average molecular weight is 340 g/mol. The second kappa shape index (κ2) is 6.64. The normalized spacial score (nSPS) is 20.2. The number of imidazole rings is 1. The number of nitrogens with one attached hydrogen (secondary N) is 2. The standard InChI is InChI=1S/C17H20N6O2/c1-11-20-12-4-2-3-5-14(12)23(11)8-6-15(24)21-13-7-9-25-16(13)17-18-10-19-22-17/h2-5,10,13,16H,6-9H2,1H3,(H,21,24)(H,18,19,22)/t13-,16+/m0/s1. The molecule has 0 spiro atoms. The minimum Gasteiger partial charge on any atom is -0.368 e. The Labute approximate surface area is 144 Å². The average Bonchev–Trinajstić information content (AvgIpc) is 3.32. The number of nitrogens with zero attached hydrogens (tertiary/aromatic N) is 4. The van der Waals surface area contributed by atoms with Crippen LogP contribution in [0.1, 0.15) is 30.6 Å². The number of H-pyrrole nitrogens is 1. The lowest BCUT2D eigenvalue weighted by atomic mass is 10.1. The first kappa shape index (κ1) is 15.8. The molecule has 2 N–H and O–H groups in total. The molecule has 2 atom stereocenters. The number of ether oxygens (including phenoxy) is 1. The van der Waals surface area contributed by atoms with Crippen molar-refractivity contribution in [2.45, 2.75) is 38.5 Å². The number of hydrogen-bond donors (Lipinski definition) is 2. The Morgan fingerprint density at radius 1 is 1.44 bits per heavy atom. The number of aromatic nitrogens is 5. The van der Waals surface area contributed by atoms with Crippen LogP contribution in [0.15, 0.2) is 30.6 Å². The van der Waals surface area contributed by atoms with E-state index in [0.29, 0.717) is 25.4 Å². The molecule has 3 aromatic rings. The van der Waals surface area contributed by atoms with Crippen molar-refractivity contribution in [1.82, 2.24) is 30.0 Å². The first-order valence-electron chi connectivity index (χ1n) is 8.40. The van der Waals surface area contributed by atoms with E-state index in [2.05, 4.69) is 30.0 Å². The highest BCUT2D eigenvalue weighted by atomic mass is 16.5. The molecule has 4 rings (SSSR count). The lowest BCUT2D eigenvalue weighted by Gasteiger charge is -2.18. The van der Waals surface area contributed by atoms with E-state index in [1.54, 1.807) is 0 Å². The van der Waals surface area contributed by atoms with Crippen molar-refractivity contribution in [2.75, 3.05) is 6.61 Å². The topological polar surface area (TPSA) is 97.7 Å². The van der Waals surface area contributed by atoms with Gasteiger partial charge in [0.05, 0.1) is 17.1 Å². The molecule has 1 aliphatic heterocycles. The molecule has 0 radical (unpaired) electrons. The zero-order chi connectivity index (χ0) is 17.2. The molecule has 0 saturated carbocycles. The summed E-state index contributed by atoms with van der Waals surface area (Å²) in [4.78, 5) is 21.1. The van der Waals surface area contributed by atoms with Gasteiger partial charge in [-0.15, -0.1) is 0 Å². The number of hydrogen-bond acceptors (Lipinski definition) is 5. The largest absolute Gasteiger partial charge is 0.368 e. The molecule has 1 amide bonds. The van der Waals surface area contributed by atoms with Gasteiger partial charge in [-0.05, 0) is 25.5 Å². The Kier molecular flexibility index (Phi) is 4.19. The van der Waals surface area contributed by atoms with Crippen molar-refractivity contribution >= 4 is 16.9 Å². The minimum atomic E-state index is -0.262. The molecule has 130 valence electrons. The summed E-state index contributed by atoms with van der Waals surface area (Å²) >= 11 is 0. The van der Waals surface area contributed by atoms with Gasteiger partial charge in [0.1, 0.15) is 18.3 Å². The van der Waals surface area contributed by atoms with E-state index in [9.17, 15) is 4.79 Å². The summed E-state index contributed by atoms with van der Waals surface area (Å²) in [7, 11) is 0. The Morgan fingerprint density at radius 2 is 2.32 bits per heavy atom. The van der Waals surface area contributed by atoms with Gasteiger partial charge in [-0.2, -0.15) is 5.10 Å². The van der Waals surface area contributed by atoms with Crippen LogP contribution in [0.5, 0.6) is 0 Å². The summed E-state index contributed by atoms with van der Waals surface area (Å²) in [6.45, 7) is 3.16. The molecule has 3 heterocycles. The number of aryl methyl sites for hydroxylation is 2. The monoisotopic (exact) mass is 340 g/mol. The van der Waals surface area contributed by atoms with Crippen LogP contribution in [0.3, 0.4) is 0 Å². The molecule has 0 unspecified atom stereocenters. The fourth-order valence-electron chi connectivity index (χ4n) is 3.33. The Hall–Kier alpha value is -2.74. The molecule has 2 aromatic heterocycles. The van der Waals surface area contributed by atoms with Crippen LogP contribution >= 0.6 is 0 Å². The van der Waals surface area contributed by atoms with Crippen molar-refractivity contribution in [2.24, 2.45) is 0 Å². The Bertz CT molecular complexity index is 873. The summed E-state index contributed by atoms with van der Waals surface area (Å²) in [5.41, 5.74) is 2.01. The van der Waals surface area contributed by atoms with Crippen LogP contribution in [-0.2, 0) is 16.1 Å². The van der Waals surface area contributed by atoms with Gasteiger partial charge in [0, 0.05) is 19.6 Å². The lowest BCUT2D eigenvalue weighted by molar-refractivity contribution is -0.122. The molecular weight excluding hydrogens is 320 g/mol. The first-order chi connectivity index (χ1) is 12.2. The third-order valence-electron chi connectivity index (χ3n) is 4.55. The van der Waals surface area contributed by atoms with Crippen molar-refractivity contribution in [1.29, 1.82) is 0 Å². The van der Waals surface area contributed by atoms with Crippen molar-refractivity contribution < 1.29 is 9.53 Å². The van der Waals surface area contributed by atoms with Crippen LogP contribution in [0.2, 0.25) is 0 Å². The molecule has 1 aliphatic rings. The third-order valence-corrected chi connectivity index (χ3v) is 4.55. The molecule has 8 nitrogen and oxygen atoms in total. The van der Waals surface area contributed by atoms with E-state index < -0.39 is 0 Å². The number of benzene rings is 1. The van der Waals surface area contributed by atoms with Gasteiger partial charge in [0.25, 0.3) is 0 Å². The second-order valence-electron chi connectivity index (χ2n) is 6.17. The predicted octanol–water partition coefficient (Wildman–Crippen LogP) is 1.50. The Balaban J connectivity index is 1.40. The number of carbonyl (C=O) groups excluding carboxylic acids is 1. The SMILES string of the molecule is Cc1nc2ccccc2n1CCC(=O)N[C@H]1CCO[C@H]1c1ncn[nH]1. The summed E-state index contributed by atoms with van der Waals surface area (Å²) in [5.74, 6) is 1.56. The molecule has 25 heavy (non-hydrogen) atoms. The van der Waals surface area contributed by atoms with E-state index in [1.807, 2.05) is 31.2 Å². The maximum absolute atomic E-state index is 12.4. The van der Waals surface area contributed by atoms with Crippen molar-refractivity contribution in [3.63, 3.8) is 0 Å². The van der Waals surface area contributed by atoms with Gasteiger partial charge in [0.2, 0.25) is 5.91 Å². The molecule has 8 heteroatoms. The van der Waals surface area contributed by atoms with Gasteiger partial charge in [0.15, 0.2) is 5.82 Å². The lowest BCUT2D eigenvalue weighted by Crippen LogP contribution is -2.37. The molecule has 0 aliphatic carbocycles. The highest BCUT2D eigenvalue weighted by molar-refractivity contribution is 5.78. The highest BCUT2D eigenvalue weighted by Crippen LogP contribution is 2.26. The maximum Gasteiger partial charge on any atom is 0.222 e. The van der Waals surface area contributed by atoms with Crippen LogP contribution < -0.4 is 5.32 Å². The minimum absolute atomic E-state index is 0.00260. The van der Waals surface area contributed by atoms with E-state index in [-0.39, 0.29) is 18.1 Å². The van der Waals surface area contributed by atoms with Gasteiger partial charge in [-0.3, -0.25) is 9.89 Å². The number of amides is 1. The Morgan fingerprint density at radius 3 is 3.16 bits per heavy atom. The molecule has 0 bridgehead atoms. The predicted molar refractivity (Wildman–Crippen MR) is 90.7 cm³/mol. The highest BCUT2D eigenvalue weighted by Gasteiger charge is 2.32. The number of aromatic amines is 1. The van der Waals surface area contributed by atoms with Gasteiger partial charge < -0.3 is 14.6 Å². The van der Waals surface area contributed by atoms with Crippen LogP contribution in [0, 0.1) is 6.92 Å². The van der Waals surface area contributed by atoms with Gasteiger partial charge in [-0.25, -0.2) is 9.97 Å². The zero-order valence-corrected chi connectivity index (χ0v) is 14.0. The first-order valence-corrected chi connectivity index (χ1v) is 8.40. The fraction of sp³-hybridized carbons (Fsp3) is 0.412. The summed E-state index contributed by atoms with van der Waals surface area (Å²) < 4.78 is 7.75. The zero-order valence-electron chi connectivity index (χ0n) is 14.0. The fourth-order valence-corrected chi connectivity index (χ4v) is 3.33. The van der Waals surface area contributed by atoms with Crippen LogP contribution in [0.4, 0.5) is 0 Å². The quantitative estimate of drug-likeness (QED) is 0.733. The number of para-hydroxylation sites is 2. The molecule has 1 aromatic carbocycles. The van der Waals surface area contributed by atoms with E-state index in [1.165, 1.54) is 6.33 Å². The van der Waals surface area contributed by atoms with Crippen LogP contribution in [0.25, 0.3) is 11.0 Å². The summed E-state index contributed by atoms with van der Waals surface area (Å²) in [5, 5.41) is 9.73. The smallest absolute Gasteiger partial charge is 0.222 e. The van der Waals surface area contributed by atoms with Crippen molar-refractivity contribution in [3.05, 3.63) is 42.2 Å². The second-order valence-corrected chi connectivity index (χ2v) is 6.17. The van der Waals surface area contributed by atoms with E-state index in [0.717, 1.165) is 23.3 Å². The third kappa shape index (κ3) is 3.12. The van der Waals surface area contributed by atoms with E-state index >= 15 is 0 Å². The van der Waals surface area contributed by atoms with E-state index in [4.69, 9.17) is 4.74 Å². The van der Waals surface area contributed by atoms with Gasteiger partial charge >= 0.3 is 0 Å². The van der Waals surface area contributed by atoms with Crippen molar-refractivity contribution in [3.8, 4) is 0 Å².